The average Bonchev–Trinajstić information content (AvgIpc) is 2.65. The molecule has 25 heavy (non-hydrogen) atoms. The molecule has 0 aliphatic carbocycles. The summed E-state index contributed by atoms with van der Waals surface area (Å²) in [4.78, 5) is 11.5. The predicted octanol–water partition coefficient (Wildman–Crippen LogP) is 1.97. The smallest absolute Gasteiger partial charge is 0.337 e. The number of methoxy groups -OCH3 is 3. The molecule has 0 saturated heterocycles. The Morgan fingerprint density at radius 2 is 1.72 bits per heavy atom. The fourth-order valence-electron chi connectivity index (χ4n) is 2.16. The fourth-order valence-corrected chi connectivity index (χ4v) is 3.22. The summed E-state index contributed by atoms with van der Waals surface area (Å²) in [7, 11) is 0.474. The second kappa shape index (κ2) is 8.00. The van der Waals surface area contributed by atoms with E-state index in [2.05, 4.69) is 9.46 Å². The van der Waals surface area contributed by atoms with Crippen molar-refractivity contribution >= 4 is 16.0 Å². The van der Waals surface area contributed by atoms with Crippen molar-refractivity contribution in [2.24, 2.45) is 0 Å². The molecule has 2 aromatic rings. The summed E-state index contributed by atoms with van der Waals surface area (Å²) in [6.45, 7) is 0.0607. The Morgan fingerprint density at radius 3 is 2.36 bits per heavy atom. The van der Waals surface area contributed by atoms with Gasteiger partial charge in [0.05, 0.1) is 31.8 Å². The molecule has 2 aromatic carbocycles. The van der Waals surface area contributed by atoms with E-state index in [1.54, 1.807) is 18.2 Å². The van der Waals surface area contributed by atoms with Gasteiger partial charge in [0.15, 0.2) is 11.5 Å². The molecule has 0 fully saturated rings. The van der Waals surface area contributed by atoms with Crippen LogP contribution in [-0.4, -0.2) is 35.7 Å². The van der Waals surface area contributed by atoms with Crippen LogP contribution in [0, 0.1) is 0 Å². The van der Waals surface area contributed by atoms with Gasteiger partial charge in [-0.2, -0.15) is 0 Å². The highest BCUT2D eigenvalue weighted by Gasteiger charge is 2.17. The number of carbonyl (C=O) groups is 1. The molecule has 0 aromatic heterocycles. The molecule has 0 atom stereocenters. The largest absolute Gasteiger partial charge is 0.493 e. The number of carbonyl (C=O) groups excluding carboxylic acids is 1. The van der Waals surface area contributed by atoms with Crippen molar-refractivity contribution in [3.63, 3.8) is 0 Å². The number of ether oxygens (including phenoxy) is 3. The van der Waals surface area contributed by atoms with Crippen LogP contribution in [0.15, 0.2) is 47.4 Å². The quantitative estimate of drug-likeness (QED) is 0.755. The zero-order valence-corrected chi connectivity index (χ0v) is 14.9. The predicted molar refractivity (Wildman–Crippen MR) is 91.4 cm³/mol. The van der Waals surface area contributed by atoms with Crippen LogP contribution in [-0.2, 0) is 21.3 Å². The third kappa shape index (κ3) is 4.49. The van der Waals surface area contributed by atoms with Gasteiger partial charge < -0.3 is 14.2 Å². The molecule has 0 unspecified atom stereocenters. The van der Waals surface area contributed by atoms with Gasteiger partial charge in [0, 0.05) is 6.54 Å². The fraction of sp³-hybridized carbons (Fsp3) is 0.235. The van der Waals surface area contributed by atoms with Crippen LogP contribution in [0.1, 0.15) is 15.9 Å². The summed E-state index contributed by atoms with van der Waals surface area (Å²) in [6.07, 6.45) is 0. The molecule has 8 heteroatoms. The summed E-state index contributed by atoms with van der Waals surface area (Å²) >= 11 is 0. The number of hydrogen-bond donors (Lipinski definition) is 1. The second-order valence-electron chi connectivity index (χ2n) is 5.03. The monoisotopic (exact) mass is 365 g/mol. The third-order valence-electron chi connectivity index (χ3n) is 3.48. The molecule has 0 saturated carbocycles. The molecule has 0 aliphatic rings. The standard InChI is InChI=1S/C17H19NO6S/c1-22-15-8-7-12(9-16(15)23-2)11-18-25(20,21)14-6-4-5-13(10-14)17(19)24-3/h4-10,18H,11H2,1-3H3. The van der Waals surface area contributed by atoms with E-state index in [0.29, 0.717) is 17.1 Å². The van der Waals surface area contributed by atoms with Crippen LogP contribution in [0.5, 0.6) is 11.5 Å². The van der Waals surface area contributed by atoms with Crippen LogP contribution in [0.3, 0.4) is 0 Å². The van der Waals surface area contributed by atoms with Crippen molar-refractivity contribution in [3.05, 3.63) is 53.6 Å². The average molecular weight is 365 g/mol. The lowest BCUT2D eigenvalue weighted by Gasteiger charge is -2.11. The van der Waals surface area contributed by atoms with Gasteiger partial charge in [-0.3, -0.25) is 0 Å². The van der Waals surface area contributed by atoms with E-state index in [0.717, 1.165) is 0 Å². The normalized spacial score (nSPS) is 11.0. The van der Waals surface area contributed by atoms with E-state index in [-0.39, 0.29) is 17.0 Å². The number of sulfonamides is 1. The highest BCUT2D eigenvalue weighted by Crippen LogP contribution is 2.27. The summed E-state index contributed by atoms with van der Waals surface area (Å²) in [6, 6.07) is 10.8. The van der Waals surface area contributed by atoms with Crippen molar-refractivity contribution in [2.45, 2.75) is 11.4 Å². The minimum Gasteiger partial charge on any atom is -0.493 e. The van der Waals surface area contributed by atoms with Gasteiger partial charge in [-0.05, 0) is 35.9 Å². The van der Waals surface area contributed by atoms with Gasteiger partial charge in [-0.1, -0.05) is 12.1 Å². The van der Waals surface area contributed by atoms with Crippen LogP contribution >= 0.6 is 0 Å². The Morgan fingerprint density at radius 1 is 1.00 bits per heavy atom. The molecule has 0 aliphatic heterocycles. The minimum absolute atomic E-state index is 0.0177. The first-order valence-electron chi connectivity index (χ1n) is 7.30. The zero-order chi connectivity index (χ0) is 18.4. The Balaban J connectivity index is 2.18. The number of nitrogens with one attached hydrogen (secondary N) is 1. The number of benzene rings is 2. The third-order valence-corrected chi connectivity index (χ3v) is 4.88. The molecule has 134 valence electrons. The first-order valence-corrected chi connectivity index (χ1v) is 8.78. The van der Waals surface area contributed by atoms with Crippen LogP contribution < -0.4 is 14.2 Å². The van der Waals surface area contributed by atoms with E-state index in [1.165, 1.54) is 45.6 Å². The topological polar surface area (TPSA) is 90.9 Å². The SMILES string of the molecule is COC(=O)c1cccc(S(=O)(=O)NCc2ccc(OC)c(OC)c2)c1. The van der Waals surface area contributed by atoms with Gasteiger partial charge >= 0.3 is 5.97 Å². The molecule has 7 nitrogen and oxygen atoms in total. The van der Waals surface area contributed by atoms with Crippen molar-refractivity contribution in [1.82, 2.24) is 4.72 Å². The molecule has 2 rings (SSSR count). The maximum absolute atomic E-state index is 12.4. The summed E-state index contributed by atoms with van der Waals surface area (Å²) < 4.78 is 42.3. The van der Waals surface area contributed by atoms with Crippen molar-refractivity contribution in [1.29, 1.82) is 0 Å². The molecular formula is C17H19NO6S. The van der Waals surface area contributed by atoms with Crippen molar-refractivity contribution in [2.75, 3.05) is 21.3 Å². The zero-order valence-electron chi connectivity index (χ0n) is 14.1. The molecule has 0 amide bonds. The molecule has 0 spiro atoms. The Bertz CT molecular complexity index is 863. The Hall–Kier alpha value is -2.58. The van der Waals surface area contributed by atoms with Gasteiger partial charge in [-0.25, -0.2) is 17.9 Å². The van der Waals surface area contributed by atoms with Crippen LogP contribution in [0.2, 0.25) is 0 Å². The van der Waals surface area contributed by atoms with Crippen LogP contribution in [0.4, 0.5) is 0 Å². The molecular weight excluding hydrogens is 346 g/mol. The van der Waals surface area contributed by atoms with Crippen molar-refractivity contribution in [3.8, 4) is 11.5 Å². The Kier molecular flexibility index (Phi) is 6.00. The molecule has 0 bridgehead atoms. The maximum Gasteiger partial charge on any atom is 0.337 e. The summed E-state index contributed by atoms with van der Waals surface area (Å²) in [5.74, 6) is 0.462. The van der Waals surface area contributed by atoms with Crippen molar-refractivity contribution < 1.29 is 27.4 Å². The molecule has 0 radical (unpaired) electrons. The summed E-state index contributed by atoms with van der Waals surface area (Å²) in [5, 5.41) is 0. The second-order valence-corrected chi connectivity index (χ2v) is 6.80. The maximum atomic E-state index is 12.4. The number of esters is 1. The minimum atomic E-state index is -3.79. The first-order chi connectivity index (χ1) is 11.9. The van der Waals surface area contributed by atoms with Gasteiger partial charge in [-0.15, -0.1) is 0 Å². The lowest BCUT2D eigenvalue weighted by atomic mass is 10.2. The highest BCUT2D eigenvalue weighted by atomic mass is 32.2. The number of hydrogen-bond acceptors (Lipinski definition) is 6. The van der Waals surface area contributed by atoms with Gasteiger partial charge in [0.25, 0.3) is 0 Å². The first kappa shape index (κ1) is 18.8. The highest BCUT2D eigenvalue weighted by molar-refractivity contribution is 7.89. The molecule has 0 heterocycles. The van der Waals surface area contributed by atoms with Gasteiger partial charge in [0.1, 0.15) is 0 Å². The lowest BCUT2D eigenvalue weighted by Crippen LogP contribution is -2.23. The van der Waals surface area contributed by atoms with Crippen LogP contribution in [0.25, 0.3) is 0 Å². The van der Waals surface area contributed by atoms with E-state index in [4.69, 9.17) is 9.47 Å². The van der Waals surface area contributed by atoms with Gasteiger partial charge in [0.2, 0.25) is 10.0 Å². The van der Waals surface area contributed by atoms with E-state index in [1.807, 2.05) is 0 Å². The Labute approximate surface area is 146 Å². The van der Waals surface area contributed by atoms with E-state index in [9.17, 15) is 13.2 Å². The lowest BCUT2D eigenvalue weighted by molar-refractivity contribution is 0.0600. The summed E-state index contributed by atoms with van der Waals surface area (Å²) in [5.41, 5.74) is 0.863. The van der Waals surface area contributed by atoms with E-state index < -0.39 is 16.0 Å². The number of rotatable bonds is 7. The van der Waals surface area contributed by atoms with E-state index >= 15 is 0 Å². The molecule has 1 N–H and O–H groups in total.